The normalized spacial score (nSPS) is 19.6. The fourth-order valence-corrected chi connectivity index (χ4v) is 4.48. The van der Waals surface area contributed by atoms with Crippen molar-refractivity contribution in [2.45, 2.75) is 58.0 Å². The second kappa shape index (κ2) is 11.3. The zero-order valence-corrected chi connectivity index (χ0v) is 21.7. The number of hydrogen-bond donors (Lipinski definition) is 2. The van der Waals surface area contributed by atoms with Crippen LogP contribution in [0.4, 0.5) is 4.79 Å². The third kappa shape index (κ3) is 6.53. The zero-order valence-electron chi connectivity index (χ0n) is 21.7. The molecular formula is C27H36N2O7. The van der Waals surface area contributed by atoms with Crippen molar-refractivity contribution in [2.75, 3.05) is 27.3 Å². The number of carbonyl (C=O) groups excluding carboxylic acids is 3. The third-order valence-electron chi connectivity index (χ3n) is 6.30. The molecule has 2 aromatic rings. The Balaban J connectivity index is 1.65. The number of fused-ring (bicyclic) bond motifs is 1. The number of aliphatic hydroxyl groups excluding tert-OH is 1. The Kier molecular flexibility index (Phi) is 8.58. The molecule has 1 aliphatic heterocycles. The number of aliphatic hydroxyl groups is 1. The lowest BCUT2D eigenvalue weighted by Gasteiger charge is -2.34. The van der Waals surface area contributed by atoms with E-state index in [1.165, 1.54) is 12.0 Å². The first-order valence-corrected chi connectivity index (χ1v) is 12.0. The molecule has 0 radical (unpaired) electrons. The van der Waals surface area contributed by atoms with Crippen molar-refractivity contribution >= 4 is 28.6 Å². The van der Waals surface area contributed by atoms with E-state index in [1.54, 1.807) is 46.9 Å². The molecule has 0 spiro atoms. The zero-order chi connectivity index (χ0) is 26.6. The predicted molar refractivity (Wildman–Crippen MR) is 135 cm³/mol. The molecule has 0 saturated carbocycles. The highest BCUT2D eigenvalue weighted by atomic mass is 16.6. The number of ether oxygens (including phenoxy) is 3. The molecule has 0 aromatic heterocycles. The van der Waals surface area contributed by atoms with Gasteiger partial charge in [0.05, 0.1) is 44.4 Å². The fraction of sp³-hybridized carbons (Fsp3) is 0.519. The number of hydrogen-bond acceptors (Lipinski definition) is 7. The Labute approximate surface area is 211 Å². The highest BCUT2D eigenvalue weighted by Crippen LogP contribution is 2.28. The summed E-state index contributed by atoms with van der Waals surface area (Å²) in [5.74, 6) is -0.567. The Hall–Kier alpha value is -3.17. The van der Waals surface area contributed by atoms with Gasteiger partial charge in [0.15, 0.2) is 5.78 Å². The van der Waals surface area contributed by atoms with Gasteiger partial charge >= 0.3 is 6.09 Å². The molecule has 36 heavy (non-hydrogen) atoms. The lowest BCUT2D eigenvalue weighted by atomic mass is 9.94. The topological polar surface area (TPSA) is 114 Å². The summed E-state index contributed by atoms with van der Waals surface area (Å²) in [6, 6.07) is 10.4. The van der Waals surface area contributed by atoms with Crippen LogP contribution in [0, 0.1) is 5.92 Å². The van der Waals surface area contributed by atoms with E-state index < -0.39 is 35.9 Å². The molecule has 1 heterocycles. The van der Waals surface area contributed by atoms with Crippen molar-refractivity contribution in [3.8, 4) is 5.75 Å². The van der Waals surface area contributed by atoms with Crippen LogP contribution in [0.15, 0.2) is 36.4 Å². The summed E-state index contributed by atoms with van der Waals surface area (Å²) in [5.41, 5.74) is -0.213. The van der Waals surface area contributed by atoms with E-state index in [0.717, 1.165) is 16.5 Å². The average molecular weight is 501 g/mol. The molecule has 9 heteroatoms. The van der Waals surface area contributed by atoms with Gasteiger partial charge in [0.2, 0.25) is 5.91 Å². The Morgan fingerprint density at radius 2 is 1.78 bits per heavy atom. The maximum absolute atomic E-state index is 13.0. The van der Waals surface area contributed by atoms with Crippen LogP contribution >= 0.6 is 0 Å². The van der Waals surface area contributed by atoms with Crippen LogP contribution in [0.3, 0.4) is 0 Å². The van der Waals surface area contributed by atoms with Gasteiger partial charge < -0.3 is 24.6 Å². The lowest BCUT2D eigenvalue weighted by molar-refractivity contribution is -0.130. The van der Waals surface area contributed by atoms with Crippen LogP contribution in [0.5, 0.6) is 5.75 Å². The molecule has 9 nitrogen and oxygen atoms in total. The van der Waals surface area contributed by atoms with Crippen LogP contribution in [0.25, 0.3) is 10.8 Å². The molecule has 1 fully saturated rings. The maximum atomic E-state index is 13.0. The second-order valence-electron chi connectivity index (χ2n) is 10.1. The van der Waals surface area contributed by atoms with Crippen LogP contribution in [0.2, 0.25) is 0 Å². The molecule has 0 aliphatic carbocycles. The van der Waals surface area contributed by atoms with E-state index in [1.807, 2.05) is 24.3 Å². The minimum absolute atomic E-state index is 0.0973. The number of nitrogens with zero attached hydrogens (tertiary/aromatic N) is 1. The number of nitrogens with one attached hydrogen (secondary N) is 1. The summed E-state index contributed by atoms with van der Waals surface area (Å²) in [6.45, 7) is 6.89. The minimum atomic E-state index is -0.745. The smallest absolute Gasteiger partial charge is 0.410 e. The number of likely N-dealkylation sites (tertiary alicyclic amines) is 1. The van der Waals surface area contributed by atoms with Crippen molar-refractivity contribution in [1.29, 1.82) is 0 Å². The van der Waals surface area contributed by atoms with Gasteiger partial charge in [0.1, 0.15) is 11.4 Å². The van der Waals surface area contributed by atoms with Crippen molar-refractivity contribution in [2.24, 2.45) is 5.92 Å². The first-order valence-electron chi connectivity index (χ1n) is 12.0. The standard InChI is InChI=1S/C27H36N2O7/c1-16(24(35-6)22-13-20(30)15-29(22)26(33)36-27(2,3)4)25(32)28-14-23(31)19-8-7-18-12-21(34-5)10-9-17(18)11-19/h7-12,16,20,22,24,30H,13-15H2,1-6H3,(H,28,32)/t16-,20+,22+,24-/m1/s1. The van der Waals surface area contributed by atoms with E-state index >= 15 is 0 Å². The van der Waals surface area contributed by atoms with Gasteiger partial charge in [-0.05, 0) is 56.2 Å². The molecule has 2 aromatic carbocycles. The van der Waals surface area contributed by atoms with Crippen molar-refractivity contribution in [3.63, 3.8) is 0 Å². The summed E-state index contributed by atoms with van der Waals surface area (Å²) in [4.78, 5) is 39.9. The summed E-state index contributed by atoms with van der Waals surface area (Å²) >= 11 is 0. The highest BCUT2D eigenvalue weighted by molar-refractivity contribution is 6.02. The molecule has 1 aliphatic rings. The molecule has 0 unspecified atom stereocenters. The fourth-order valence-electron chi connectivity index (χ4n) is 4.48. The summed E-state index contributed by atoms with van der Waals surface area (Å²) in [5, 5.41) is 14.8. The predicted octanol–water partition coefficient (Wildman–Crippen LogP) is 3.17. The number of methoxy groups -OCH3 is 2. The van der Waals surface area contributed by atoms with E-state index in [9.17, 15) is 19.5 Å². The first kappa shape index (κ1) is 27.4. The van der Waals surface area contributed by atoms with Crippen LogP contribution in [-0.2, 0) is 14.3 Å². The van der Waals surface area contributed by atoms with Gasteiger partial charge in [0, 0.05) is 12.7 Å². The molecule has 2 N–H and O–H groups in total. The van der Waals surface area contributed by atoms with E-state index in [2.05, 4.69) is 5.32 Å². The number of β-amino-alcohol motifs (C(OH)–C–C–N with tert-alkyl or cyclic N) is 1. The first-order chi connectivity index (χ1) is 16.9. The van der Waals surface area contributed by atoms with Crippen LogP contribution < -0.4 is 10.1 Å². The number of ketones is 1. The number of benzene rings is 2. The molecule has 4 atom stereocenters. The quantitative estimate of drug-likeness (QED) is 0.535. The number of rotatable bonds is 8. The van der Waals surface area contributed by atoms with Crippen LogP contribution in [0.1, 0.15) is 44.5 Å². The Morgan fingerprint density at radius 3 is 2.42 bits per heavy atom. The minimum Gasteiger partial charge on any atom is -0.497 e. The number of Topliss-reactive ketones (excluding diaryl/α,β-unsaturated/α-hetero) is 1. The largest absolute Gasteiger partial charge is 0.497 e. The maximum Gasteiger partial charge on any atom is 0.410 e. The summed E-state index contributed by atoms with van der Waals surface area (Å²) < 4.78 is 16.3. The molecule has 3 rings (SSSR count). The van der Waals surface area contributed by atoms with E-state index in [0.29, 0.717) is 5.56 Å². The average Bonchev–Trinajstić information content (AvgIpc) is 3.22. The lowest BCUT2D eigenvalue weighted by Crippen LogP contribution is -2.51. The molecule has 0 bridgehead atoms. The van der Waals surface area contributed by atoms with E-state index in [-0.39, 0.29) is 31.2 Å². The summed E-state index contributed by atoms with van der Waals surface area (Å²) in [7, 11) is 3.06. The Bertz CT molecular complexity index is 1110. The number of carbonyl (C=O) groups is 3. The van der Waals surface area contributed by atoms with Crippen molar-refractivity contribution < 1.29 is 33.7 Å². The van der Waals surface area contributed by atoms with Gasteiger partial charge in [-0.2, -0.15) is 0 Å². The van der Waals surface area contributed by atoms with Crippen LogP contribution in [-0.4, -0.2) is 79.0 Å². The van der Waals surface area contributed by atoms with Gasteiger partial charge in [0.25, 0.3) is 0 Å². The van der Waals surface area contributed by atoms with Gasteiger partial charge in [-0.1, -0.05) is 25.1 Å². The van der Waals surface area contributed by atoms with Gasteiger partial charge in [-0.25, -0.2) is 4.79 Å². The number of amides is 2. The van der Waals surface area contributed by atoms with Gasteiger partial charge in [-0.15, -0.1) is 0 Å². The monoisotopic (exact) mass is 500 g/mol. The van der Waals surface area contributed by atoms with Gasteiger partial charge in [-0.3, -0.25) is 14.5 Å². The molecular weight excluding hydrogens is 464 g/mol. The third-order valence-corrected chi connectivity index (χ3v) is 6.30. The van der Waals surface area contributed by atoms with Crippen molar-refractivity contribution in [3.05, 3.63) is 42.0 Å². The summed E-state index contributed by atoms with van der Waals surface area (Å²) in [6.07, 6.45) is -1.75. The van der Waals surface area contributed by atoms with Crippen molar-refractivity contribution in [1.82, 2.24) is 10.2 Å². The SMILES string of the molecule is COc1ccc2cc(C(=O)CNC(=O)[C@H](C)[C@@H](OC)[C@@H]3C[C@H](O)CN3C(=O)OC(C)(C)C)ccc2c1. The van der Waals surface area contributed by atoms with E-state index in [4.69, 9.17) is 14.2 Å². The Morgan fingerprint density at radius 1 is 1.11 bits per heavy atom. The highest BCUT2D eigenvalue weighted by Gasteiger charge is 2.44. The molecule has 2 amide bonds. The second-order valence-corrected chi connectivity index (χ2v) is 10.1. The molecule has 196 valence electrons. The molecule has 1 saturated heterocycles.